The molecule has 0 saturated heterocycles. The number of hydrogen-bond acceptors (Lipinski definition) is 5. The summed E-state index contributed by atoms with van der Waals surface area (Å²) in [7, 11) is 0. The lowest BCUT2D eigenvalue weighted by molar-refractivity contribution is 0.0695. The first-order valence-corrected chi connectivity index (χ1v) is 8.40. The number of rotatable bonds is 6. The fourth-order valence-corrected chi connectivity index (χ4v) is 3.02. The summed E-state index contributed by atoms with van der Waals surface area (Å²) < 4.78 is 5.65. The zero-order valence-electron chi connectivity index (χ0n) is 15.5. The van der Waals surface area contributed by atoms with E-state index in [9.17, 15) is 24.6 Å². The molecule has 5 N–H and O–H groups in total. The molecule has 1 heterocycles. The average molecular weight is 374 g/mol. The van der Waals surface area contributed by atoms with E-state index in [-0.39, 0.29) is 11.5 Å². The molecule has 0 unspecified atom stereocenters. The second kappa shape index (κ2) is 7.53. The number of carboxylic acids is 2. The van der Waals surface area contributed by atoms with Crippen LogP contribution < -0.4 is 16.0 Å². The van der Waals surface area contributed by atoms with Gasteiger partial charge in [-0.25, -0.2) is 9.59 Å². The minimum Gasteiger partial charge on any atom is -0.494 e. The van der Waals surface area contributed by atoms with Crippen molar-refractivity contribution in [3.8, 4) is 16.9 Å². The van der Waals surface area contributed by atoms with E-state index in [0.717, 1.165) is 5.56 Å². The van der Waals surface area contributed by atoms with Crippen molar-refractivity contribution in [2.45, 2.75) is 33.6 Å². The Bertz CT molecular complexity index is 975. The maximum absolute atomic E-state index is 12.2. The molecule has 0 aliphatic heterocycles. The Labute approximate surface area is 155 Å². The van der Waals surface area contributed by atoms with Gasteiger partial charge in [-0.15, -0.1) is 0 Å². The maximum atomic E-state index is 12.2. The van der Waals surface area contributed by atoms with Crippen molar-refractivity contribution >= 4 is 17.8 Å². The molecule has 0 bridgehead atoms. The van der Waals surface area contributed by atoms with E-state index in [1.807, 2.05) is 20.8 Å². The lowest BCUT2D eigenvalue weighted by atomic mass is 9.88. The molecule has 1 aromatic carbocycles. The van der Waals surface area contributed by atoms with Gasteiger partial charge in [-0.2, -0.15) is 0 Å². The first kappa shape index (κ1) is 20.0. The standard InChI is InChI=1S/C19H22N2O6/c1-5-27-12-6-9(4)11(7-10(12)8(2)3)13-14(18(23)24)16(20)21-17(22)15(13)19(25)26/h6-8H,5H2,1-4H3,(H,23,24)(H,25,26)(H3,20,21,22). The summed E-state index contributed by atoms with van der Waals surface area (Å²) in [6.07, 6.45) is 0. The van der Waals surface area contributed by atoms with Crippen molar-refractivity contribution in [2.75, 3.05) is 12.3 Å². The minimum atomic E-state index is -1.53. The molecular weight excluding hydrogens is 352 g/mol. The highest BCUT2D eigenvalue weighted by Crippen LogP contribution is 2.37. The number of carboxylic acid groups (broad SMARTS) is 2. The van der Waals surface area contributed by atoms with Gasteiger partial charge in [0.15, 0.2) is 0 Å². The van der Waals surface area contributed by atoms with E-state index in [4.69, 9.17) is 10.5 Å². The van der Waals surface area contributed by atoms with Gasteiger partial charge in [0.25, 0.3) is 5.56 Å². The number of aromatic amines is 1. The molecule has 1 aromatic heterocycles. The monoisotopic (exact) mass is 374 g/mol. The lowest BCUT2D eigenvalue weighted by Gasteiger charge is -2.19. The summed E-state index contributed by atoms with van der Waals surface area (Å²) >= 11 is 0. The van der Waals surface area contributed by atoms with Crippen molar-refractivity contribution < 1.29 is 24.5 Å². The summed E-state index contributed by atoms with van der Waals surface area (Å²) in [5.74, 6) is -2.72. The number of benzene rings is 1. The number of ether oxygens (including phenoxy) is 1. The molecular formula is C19H22N2O6. The number of aryl methyl sites for hydroxylation is 1. The summed E-state index contributed by atoms with van der Waals surface area (Å²) in [6, 6.07) is 3.38. The number of hydrogen-bond donors (Lipinski definition) is 4. The fourth-order valence-electron chi connectivity index (χ4n) is 3.02. The molecule has 0 fully saturated rings. The molecule has 0 aliphatic rings. The molecule has 8 nitrogen and oxygen atoms in total. The van der Waals surface area contributed by atoms with Crippen LogP contribution in [0.3, 0.4) is 0 Å². The van der Waals surface area contributed by atoms with Crippen LogP contribution >= 0.6 is 0 Å². The normalized spacial score (nSPS) is 10.9. The topological polar surface area (TPSA) is 143 Å². The number of nitrogen functional groups attached to an aromatic ring is 1. The van der Waals surface area contributed by atoms with Crippen LogP contribution in [0.15, 0.2) is 16.9 Å². The van der Waals surface area contributed by atoms with Crippen LogP contribution in [-0.2, 0) is 0 Å². The number of pyridine rings is 1. The molecule has 0 amide bonds. The number of nitrogens with two attached hydrogens (primary N) is 1. The van der Waals surface area contributed by atoms with Gasteiger partial charge in [0.05, 0.1) is 6.61 Å². The Kier molecular flexibility index (Phi) is 5.58. The Morgan fingerprint density at radius 3 is 2.26 bits per heavy atom. The minimum absolute atomic E-state index is 0.0202. The number of aromatic nitrogens is 1. The van der Waals surface area contributed by atoms with Crippen LogP contribution in [0, 0.1) is 6.92 Å². The fraction of sp³-hybridized carbons (Fsp3) is 0.316. The third-order valence-electron chi connectivity index (χ3n) is 4.22. The summed E-state index contributed by atoms with van der Waals surface area (Å²) in [5.41, 5.74) is 5.07. The van der Waals surface area contributed by atoms with Gasteiger partial charge in [0, 0.05) is 5.56 Å². The van der Waals surface area contributed by atoms with Crippen LogP contribution in [0.2, 0.25) is 0 Å². The van der Waals surface area contributed by atoms with Gasteiger partial charge in [-0.05, 0) is 48.6 Å². The summed E-state index contributed by atoms with van der Waals surface area (Å²) in [5, 5.41) is 19.1. The highest BCUT2D eigenvalue weighted by molar-refractivity contribution is 6.07. The second-order valence-corrected chi connectivity index (χ2v) is 6.40. The van der Waals surface area contributed by atoms with Gasteiger partial charge in [0.2, 0.25) is 0 Å². The second-order valence-electron chi connectivity index (χ2n) is 6.40. The van der Waals surface area contributed by atoms with E-state index < -0.39 is 34.4 Å². The number of carbonyl (C=O) groups is 2. The van der Waals surface area contributed by atoms with Crippen LogP contribution in [-0.4, -0.2) is 33.7 Å². The molecule has 0 radical (unpaired) electrons. The quantitative estimate of drug-likeness (QED) is 0.609. The van der Waals surface area contributed by atoms with Crippen molar-refractivity contribution in [2.24, 2.45) is 0 Å². The highest BCUT2D eigenvalue weighted by atomic mass is 16.5. The summed E-state index contributed by atoms with van der Waals surface area (Å²) in [6.45, 7) is 7.84. The van der Waals surface area contributed by atoms with Gasteiger partial charge < -0.3 is 25.7 Å². The Morgan fingerprint density at radius 2 is 1.78 bits per heavy atom. The van der Waals surface area contributed by atoms with E-state index in [0.29, 0.717) is 23.5 Å². The van der Waals surface area contributed by atoms with E-state index in [2.05, 4.69) is 4.98 Å². The van der Waals surface area contributed by atoms with Crippen molar-refractivity contribution in [3.63, 3.8) is 0 Å². The Hall–Kier alpha value is -3.29. The smallest absolute Gasteiger partial charge is 0.342 e. The largest absolute Gasteiger partial charge is 0.494 e. The molecule has 0 saturated carbocycles. The summed E-state index contributed by atoms with van der Waals surface area (Å²) in [4.78, 5) is 37.8. The van der Waals surface area contributed by atoms with Gasteiger partial charge in [-0.1, -0.05) is 13.8 Å². The van der Waals surface area contributed by atoms with Crippen LogP contribution in [0.4, 0.5) is 5.82 Å². The Morgan fingerprint density at radius 1 is 1.19 bits per heavy atom. The van der Waals surface area contributed by atoms with Crippen LogP contribution in [0.1, 0.15) is 58.5 Å². The average Bonchev–Trinajstić information content (AvgIpc) is 2.53. The molecule has 0 aliphatic carbocycles. The molecule has 2 aromatic rings. The van der Waals surface area contributed by atoms with Crippen molar-refractivity contribution in [1.82, 2.24) is 4.98 Å². The molecule has 2 rings (SSSR count). The lowest BCUT2D eigenvalue weighted by Crippen LogP contribution is -2.24. The van der Waals surface area contributed by atoms with Gasteiger partial charge >= 0.3 is 11.9 Å². The van der Waals surface area contributed by atoms with E-state index >= 15 is 0 Å². The van der Waals surface area contributed by atoms with Crippen molar-refractivity contribution in [1.29, 1.82) is 0 Å². The number of anilines is 1. The van der Waals surface area contributed by atoms with Crippen LogP contribution in [0.5, 0.6) is 5.75 Å². The third-order valence-corrected chi connectivity index (χ3v) is 4.22. The predicted molar refractivity (Wildman–Crippen MR) is 101 cm³/mol. The number of nitrogens with one attached hydrogen (secondary N) is 1. The third kappa shape index (κ3) is 3.64. The first-order chi connectivity index (χ1) is 12.6. The highest BCUT2D eigenvalue weighted by Gasteiger charge is 2.28. The molecule has 8 heteroatoms. The molecule has 0 spiro atoms. The first-order valence-electron chi connectivity index (χ1n) is 8.40. The zero-order chi connectivity index (χ0) is 20.5. The Balaban J connectivity index is 3.01. The zero-order valence-corrected chi connectivity index (χ0v) is 15.5. The molecule has 27 heavy (non-hydrogen) atoms. The van der Waals surface area contributed by atoms with Gasteiger partial charge in [0.1, 0.15) is 22.7 Å². The molecule has 0 atom stereocenters. The predicted octanol–water partition coefficient (Wildman–Crippen LogP) is 2.85. The molecule has 144 valence electrons. The maximum Gasteiger partial charge on any atom is 0.342 e. The SMILES string of the molecule is CCOc1cc(C)c(-c2c(C(=O)O)c(N)[nH]c(=O)c2C(=O)O)cc1C(C)C. The van der Waals surface area contributed by atoms with E-state index in [1.54, 1.807) is 19.1 Å². The van der Waals surface area contributed by atoms with Crippen LogP contribution in [0.25, 0.3) is 11.1 Å². The number of H-pyrrole nitrogens is 1. The van der Waals surface area contributed by atoms with E-state index in [1.165, 1.54) is 0 Å². The number of aromatic carboxylic acids is 2. The van der Waals surface area contributed by atoms with Crippen molar-refractivity contribution in [3.05, 3.63) is 44.7 Å². The van der Waals surface area contributed by atoms with Gasteiger partial charge in [-0.3, -0.25) is 4.79 Å².